The third kappa shape index (κ3) is 4.09. The molecule has 1 aromatic rings. The lowest BCUT2D eigenvalue weighted by atomic mass is 9.88. The Labute approximate surface area is 140 Å². The van der Waals surface area contributed by atoms with Crippen molar-refractivity contribution in [2.45, 2.75) is 44.3 Å². The molecule has 1 saturated heterocycles. The van der Waals surface area contributed by atoms with Crippen molar-refractivity contribution in [3.05, 3.63) is 35.4 Å². The van der Waals surface area contributed by atoms with Gasteiger partial charge < -0.3 is 5.32 Å². The van der Waals surface area contributed by atoms with Gasteiger partial charge in [0.2, 0.25) is 5.91 Å². The lowest BCUT2D eigenvalue weighted by Crippen LogP contribution is -2.46. The highest BCUT2D eigenvalue weighted by atomic mass is 19.4. The fourth-order valence-electron chi connectivity index (χ4n) is 3.81. The van der Waals surface area contributed by atoms with Gasteiger partial charge in [0.05, 0.1) is 18.5 Å². The third-order valence-corrected chi connectivity index (χ3v) is 5.04. The fraction of sp³-hybridized carbons (Fsp3) is 0.611. The van der Waals surface area contributed by atoms with Gasteiger partial charge in [-0.1, -0.05) is 24.3 Å². The molecule has 1 aliphatic carbocycles. The SMILES string of the molecule is O=C(CN1CCC[C@H](C(F)(F)F)C1)NC1CCCc2ccccc21. The van der Waals surface area contributed by atoms with E-state index < -0.39 is 12.1 Å². The minimum atomic E-state index is -4.17. The summed E-state index contributed by atoms with van der Waals surface area (Å²) in [6.45, 7) is 0.532. The molecule has 0 spiro atoms. The van der Waals surface area contributed by atoms with E-state index in [4.69, 9.17) is 0 Å². The number of alkyl halides is 3. The van der Waals surface area contributed by atoms with Gasteiger partial charge in [-0.25, -0.2) is 0 Å². The molecule has 1 heterocycles. The van der Waals surface area contributed by atoms with Crippen LogP contribution in [0.4, 0.5) is 13.2 Å². The molecule has 1 unspecified atom stereocenters. The summed E-state index contributed by atoms with van der Waals surface area (Å²) < 4.78 is 38.6. The van der Waals surface area contributed by atoms with Gasteiger partial charge in [0.1, 0.15) is 0 Å². The van der Waals surface area contributed by atoms with E-state index >= 15 is 0 Å². The first-order valence-electron chi connectivity index (χ1n) is 8.59. The Morgan fingerprint density at radius 3 is 2.79 bits per heavy atom. The predicted octanol–water partition coefficient (Wildman–Crippen LogP) is 3.45. The average Bonchev–Trinajstić information content (AvgIpc) is 2.54. The van der Waals surface area contributed by atoms with Crippen LogP contribution in [0.3, 0.4) is 0 Å². The Kier molecular flexibility index (Phi) is 5.13. The molecule has 3 nitrogen and oxygen atoms in total. The molecule has 1 aromatic carbocycles. The number of amides is 1. The van der Waals surface area contributed by atoms with Crippen molar-refractivity contribution < 1.29 is 18.0 Å². The van der Waals surface area contributed by atoms with Gasteiger partial charge in [-0.15, -0.1) is 0 Å². The number of carbonyl (C=O) groups is 1. The number of hydrogen-bond donors (Lipinski definition) is 1. The molecule has 2 aliphatic rings. The predicted molar refractivity (Wildman–Crippen MR) is 85.5 cm³/mol. The van der Waals surface area contributed by atoms with Crippen LogP contribution in [0.25, 0.3) is 0 Å². The number of nitrogens with one attached hydrogen (secondary N) is 1. The van der Waals surface area contributed by atoms with Crippen LogP contribution in [-0.4, -0.2) is 36.6 Å². The van der Waals surface area contributed by atoms with Gasteiger partial charge in [-0.2, -0.15) is 13.2 Å². The summed E-state index contributed by atoms with van der Waals surface area (Å²) in [5.41, 5.74) is 2.40. The van der Waals surface area contributed by atoms with Crippen LogP contribution >= 0.6 is 0 Å². The second kappa shape index (κ2) is 7.13. The number of likely N-dealkylation sites (tertiary alicyclic amines) is 1. The van der Waals surface area contributed by atoms with E-state index in [0.29, 0.717) is 13.0 Å². The van der Waals surface area contributed by atoms with Crippen molar-refractivity contribution in [3.63, 3.8) is 0 Å². The first-order chi connectivity index (χ1) is 11.4. The number of nitrogens with zero attached hydrogens (tertiary/aromatic N) is 1. The number of halogens is 3. The van der Waals surface area contributed by atoms with Crippen LogP contribution in [0.1, 0.15) is 42.9 Å². The third-order valence-electron chi connectivity index (χ3n) is 5.04. The smallest absolute Gasteiger partial charge is 0.348 e. The molecule has 2 atom stereocenters. The number of fused-ring (bicyclic) bond motifs is 1. The molecule has 0 aromatic heterocycles. The molecule has 1 N–H and O–H groups in total. The normalized spacial score (nSPS) is 25.1. The zero-order valence-electron chi connectivity index (χ0n) is 13.6. The van der Waals surface area contributed by atoms with Gasteiger partial charge in [0.25, 0.3) is 0 Å². The van der Waals surface area contributed by atoms with Crippen molar-refractivity contribution in [2.24, 2.45) is 5.92 Å². The molecule has 0 bridgehead atoms. The van der Waals surface area contributed by atoms with E-state index in [1.165, 1.54) is 5.56 Å². The number of hydrogen-bond acceptors (Lipinski definition) is 2. The lowest BCUT2D eigenvalue weighted by molar-refractivity contribution is -0.187. The largest absolute Gasteiger partial charge is 0.393 e. The van der Waals surface area contributed by atoms with Crippen molar-refractivity contribution in [3.8, 4) is 0 Å². The summed E-state index contributed by atoms with van der Waals surface area (Å²) in [6, 6.07) is 8.04. The first-order valence-corrected chi connectivity index (χ1v) is 8.59. The van der Waals surface area contributed by atoms with Crippen molar-refractivity contribution in [1.29, 1.82) is 0 Å². The van der Waals surface area contributed by atoms with Gasteiger partial charge in [-0.3, -0.25) is 9.69 Å². The number of piperidine rings is 1. The number of rotatable bonds is 3. The van der Waals surface area contributed by atoms with E-state index in [-0.39, 0.29) is 31.5 Å². The molecule has 24 heavy (non-hydrogen) atoms. The molecule has 0 radical (unpaired) electrons. The molecule has 1 amide bonds. The Morgan fingerprint density at radius 1 is 1.21 bits per heavy atom. The standard InChI is InChI=1S/C18H23F3N2O/c19-18(20,21)14-7-4-10-23(11-14)12-17(24)22-16-9-3-6-13-5-1-2-8-15(13)16/h1-2,5,8,14,16H,3-4,6-7,9-12H2,(H,22,24)/t14-,16?/m0/s1. The first kappa shape index (κ1) is 17.3. The van der Waals surface area contributed by atoms with E-state index in [0.717, 1.165) is 24.8 Å². The van der Waals surface area contributed by atoms with Gasteiger partial charge in [-0.05, 0) is 49.8 Å². The highest BCUT2D eigenvalue weighted by Crippen LogP contribution is 2.33. The maximum Gasteiger partial charge on any atom is 0.393 e. The van der Waals surface area contributed by atoms with E-state index in [2.05, 4.69) is 11.4 Å². The zero-order valence-corrected chi connectivity index (χ0v) is 13.6. The Hall–Kier alpha value is -1.56. The van der Waals surface area contributed by atoms with E-state index in [1.54, 1.807) is 4.90 Å². The Bertz CT molecular complexity index is 588. The highest BCUT2D eigenvalue weighted by molar-refractivity contribution is 5.78. The van der Waals surface area contributed by atoms with Crippen molar-refractivity contribution in [2.75, 3.05) is 19.6 Å². The van der Waals surface area contributed by atoms with E-state index in [9.17, 15) is 18.0 Å². The summed E-state index contributed by atoms with van der Waals surface area (Å²) in [6.07, 6.45) is -0.601. The minimum absolute atomic E-state index is 0.0225. The molecule has 0 saturated carbocycles. The Balaban J connectivity index is 1.57. The number of benzene rings is 1. The quantitative estimate of drug-likeness (QED) is 0.914. The average molecular weight is 340 g/mol. The van der Waals surface area contributed by atoms with E-state index in [1.807, 2.05) is 18.2 Å². The van der Waals surface area contributed by atoms with Crippen LogP contribution in [0.5, 0.6) is 0 Å². The van der Waals surface area contributed by atoms with Crippen LogP contribution in [0, 0.1) is 5.92 Å². The second-order valence-corrected chi connectivity index (χ2v) is 6.83. The molecule has 1 fully saturated rings. The summed E-state index contributed by atoms with van der Waals surface area (Å²) in [4.78, 5) is 13.9. The maximum atomic E-state index is 12.9. The monoisotopic (exact) mass is 340 g/mol. The molecule has 3 rings (SSSR count). The fourth-order valence-corrected chi connectivity index (χ4v) is 3.81. The molecule has 6 heteroatoms. The number of carbonyl (C=O) groups excluding carboxylic acids is 1. The molecule has 1 aliphatic heterocycles. The van der Waals surface area contributed by atoms with Gasteiger partial charge in [0, 0.05) is 6.54 Å². The van der Waals surface area contributed by atoms with Gasteiger partial charge >= 0.3 is 6.18 Å². The van der Waals surface area contributed by atoms with Crippen LogP contribution < -0.4 is 5.32 Å². The summed E-state index contributed by atoms with van der Waals surface area (Å²) in [5, 5.41) is 3.01. The van der Waals surface area contributed by atoms with Gasteiger partial charge in [0.15, 0.2) is 0 Å². The zero-order chi connectivity index (χ0) is 17.2. The highest BCUT2D eigenvalue weighted by Gasteiger charge is 2.42. The molecular weight excluding hydrogens is 317 g/mol. The van der Waals surface area contributed by atoms with Crippen LogP contribution in [0.2, 0.25) is 0 Å². The maximum absolute atomic E-state index is 12.9. The van der Waals surface area contributed by atoms with Crippen LogP contribution in [0.15, 0.2) is 24.3 Å². The number of aryl methyl sites for hydroxylation is 1. The second-order valence-electron chi connectivity index (χ2n) is 6.83. The lowest BCUT2D eigenvalue weighted by Gasteiger charge is -2.34. The molecule has 132 valence electrons. The summed E-state index contributed by atoms with van der Waals surface area (Å²) in [7, 11) is 0. The molecular formula is C18H23F3N2O. The summed E-state index contributed by atoms with van der Waals surface area (Å²) >= 11 is 0. The minimum Gasteiger partial charge on any atom is -0.348 e. The topological polar surface area (TPSA) is 32.3 Å². The van der Waals surface area contributed by atoms with Crippen LogP contribution in [-0.2, 0) is 11.2 Å². The summed E-state index contributed by atoms with van der Waals surface area (Å²) in [5.74, 6) is -1.49. The van der Waals surface area contributed by atoms with Crippen molar-refractivity contribution >= 4 is 5.91 Å². The Morgan fingerprint density at radius 2 is 2.00 bits per heavy atom. The van der Waals surface area contributed by atoms with Crippen molar-refractivity contribution in [1.82, 2.24) is 10.2 Å².